The molecule has 2 atom stereocenters. The van der Waals surface area contributed by atoms with Gasteiger partial charge in [0.15, 0.2) is 28.8 Å². The summed E-state index contributed by atoms with van der Waals surface area (Å²) in [6, 6.07) is 6.39. The van der Waals surface area contributed by atoms with Gasteiger partial charge in [-0.1, -0.05) is 6.92 Å². The topological polar surface area (TPSA) is 85.2 Å². The first-order valence-corrected chi connectivity index (χ1v) is 7.87. The van der Waals surface area contributed by atoms with Crippen LogP contribution in [0.4, 0.5) is 0 Å². The van der Waals surface area contributed by atoms with Crippen LogP contribution in [0.2, 0.25) is 0 Å². The summed E-state index contributed by atoms with van der Waals surface area (Å²) >= 11 is 0. The highest BCUT2D eigenvalue weighted by atomic mass is 16.5. The van der Waals surface area contributed by atoms with E-state index in [1.54, 1.807) is 18.2 Å². The van der Waals surface area contributed by atoms with Crippen molar-refractivity contribution >= 4 is 5.78 Å². The Morgan fingerprint density at radius 3 is 2.24 bits per heavy atom. The number of aromatic hydroxyl groups is 2. The smallest absolute Gasteiger partial charge is 0.200 e. The highest BCUT2D eigenvalue weighted by molar-refractivity contribution is 5.97. The van der Waals surface area contributed by atoms with Crippen LogP contribution in [-0.4, -0.2) is 30.2 Å². The predicted molar refractivity (Wildman–Crippen MR) is 91.1 cm³/mol. The third-order valence-electron chi connectivity index (χ3n) is 4.54. The summed E-state index contributed by atoms with van der Waals surface area (Å²) in [4.78, 5) is 11.9. The summed E-state index contributed by atoms with van der Waals surface area (Å²) in [6.45, 7) is 3.41. The maximum absolute atomic E-state index is 11.9. The van der Waals surface area contributed by atoms with Crippen molar-refractivity contribution < 1.29 is 29.2 Å². The molecule has 1 heterocycles. The molecule has 3 rings (SSSR count). The molecule has 2 N–H and O–H groups in total. The highest BCUT2D eigenvalue weighted by Gasteiger charge is 2.37. The van der Waals surface area contributed by atoms with Crippen molar-refractivity contribution in [3.05, 3.63) is 41.0 Å². The number of benzene rings is 2. The molecule has 0 spiro atoms. The zero-order valence-electron chi connectivity index (χ0n) is 14.5. The molecule has 2 unspecified atom stereocenters. The number of fused-ring (bicyclic) bond motifs is 1. The van der Waals surface area contributed by atoms with E-state index in [9.17, 15) is 15.0 Å². The van der Waals surface area contributed by atoms with Crippen molar-refractivity contribution in [2.75, 3.05) is 14.2 Å². The molecule has 1 aliphatic rings. The van der Waals surface area contributed by atoms with Gasteiger partial charge in [-0.3, -0.25) is 4.79 Å². The Balaban J connectivity index is 2.11. The molecule has 0 fully saturated rings. The van der Waals surface area contributed by atoms with Crippen molar-refractivity contribution in [2.24, 2.45) is 0 Å². The first-order valence-electron chi connectivity index (χ1n) is 7.87. The monoisotopic (exact) mass is 344 g/mol. The second kappa shape index (κ2) is 6.20. The zero-order chi connectivity index (χ0) is 18.3. The Morgan fingerprint density at radius 1 is 1.12 bits per heavy atom. The third-order valence-corrected chi connectivity index (χ3v) is 4.54. The van der Waals surface area contributed by atoms with Gasteiger partial charge in [-0.15, -0.1) is 0 Å². The highest BCUT2D eigenvalue weighted by Crippen LogP contribution is 2.52. The molecule has 0 aliphatic carbocycles. The van der Waals surface area contributed by atoms with Crippen LogP contribution in [-0.2, 0) is 0 Å². The molecule has 0 amide bonds. The molecular weight excluding hydrogens is 324 g/mol. The molecule has 2 aromatic carbocycles. The number of hydrogen-bond acceptors (Lipinski definition) is 6. The van der Waals surface area contributed by atoms with Crippen molar-refractivity contribution in [2.45, 2.75) is 25.9 Å². The molecule has 132 valence electrons. The quantitative estimate of drug-likeness (QED) is 0.825. The number of methoxy groups -OCH3 is 2. The second-order valence-corrected chi connectivity index (χ2v) is 6.03. The van der Waals surface area contributed by atoms with Gasteiger partial charge in [0.05, 0.1) is 14.2 Å². The average Bonchev–Trinajstić information content (AvgIpc) is 2.94. The molecule has 25 heavy (non-hydrogen) atoms. The predicted octanol–water partition coefficient (Wildman–Crippen LogP) is 3.55. The van der Waals surface area contributed by atoms with Crippen molar-refractivity contribution in [3.63, 3.8) is 0 Å². The number of rotatable bonds is 4. The maximum Gasteiger partial charge on any atom is 0.200 e. The summed E-state index contributed by atoms with van der Waals surface area (Å²) in [5.74, 6) is 0.467. The SMILES string of the molecule is COc1cc(C2Oc3c(O)ccc(C(C)=O)c3C2C)cc(OC)c1O. The van der Waals surface area contributed by atoms with Crippen LogP contribution in [0.3, 0.4) is 0 Å². The van der Waals surface area contributed by atoms with E-state index in [-0.39, 0.29) is 34.7 Å². The minimum absolute atomic E-state index is 0.00735. The molecule has 1 aliphatic heterocycles. The average molecular weight is 344 g/mol. The molecule has 2 aromatic rings. The number of phenolic OH excluding ortho intramolecular Hbond substituents is 2. The normalized spacial score (nSPS) is 18.4. The number of ether oxygens (including phenoxy) is 3. The summed E-state index contributed by atoms with van der Waals surface area (Å²) < 4.78 is 16.4. The van der Waals surface area contributed by atoms with Gasteiger partial charge in [0, 0.05) is 22.6 Å². The fraction of sp³-hybridized carbons (Fsp3) is 0.316. The molecule has 0 saturated heterocycles. The molecule has 0 aromatic heterocycles. The number of carbonyl (C=O) groups is 1. The van der Waals surface area contributed by atoms with E-state index in [4.69, 9.17) is 14.2 Å². The van der Waals surface area contributed by atoms with E-state index < -0.39 is 6.10 Å². The Kier molecular flexibility index (Phi) is 4.20. The fourth-order valence-corrected chi connectivity index (χ4v) is 3.29. The minimum Gasteiger partial charge on any atom is -0.504 e. The van der Waals surface area contributed by atoms with Gasteiger partial charge < -0.3 is 24.4 Å². The summed E-state index contributed by atoms with van der Waals surface area (Å²) in [6.07, 6.45) is -0.454. The molecule has 6 heteroatoms. The lowest BCUT2D eigenvalue weighted by Gasteiger charge is -2.19. The van der Waals surface area contributed by atoms with E-state index in [0.717, 1.165) is 0 Å². The second-order valence-electron chi connectivity index (χ2n) is 6.03. The van der Waals surface area contributed by atoms with Crippen molar-refractivity contribution in [1.82, 2.24) is 0 Å². The lowest BCUT2D eigenvalue weighted by atomic mass is 9.88. The van der Waals surface area contributed by atoms with Gasteiger partial charge in [0.25, 0.3) is 0 Å². The third kappa shape index (κ3) is 2.63. The number of Topliss-reactive ketones (excluding diaryl/α,β-unsaturated/α-hetero) is 1. The summed E-state index contributed by atoms with van der Waals surface area (Å²) in [7, 11) is 2.90. The molecule has 0 bridgehead atoms. The van der Waals surface area contributed by atoms with E-state index in [1.165, 1.54) is 27.2 Å². The zero-order valence-corrected chi connectivity index (χ0v) is 14.5. The van der Waals surface area contributed by atoms with Gasteiger partial charge in [-0.05, 0) is 31.2 Å². The van der Waals surface area contributed by atoms with Gasteiger partial charge in [0.2, 0.25) is 5.75 Å². The number of hydrogen-bond donors (Lipinski definition) is 2. The van der Waals surface area contributed by atoms with Crippen LogP contribution in [0.5, 0.6) is 28.7 Å². The van der Waals surface area contributed by atoms with Gasteiger partial charge in [0.1, 0.15) is 6.10 Å². The first kappa shape index (κ1) is 17.0. The number of ketones is 1. The van der Waals surface area contributed by atoms with Crippen LogP contribution >= 0.6 is 0 Å². The van der Waals surface area contributed by atoms with Crippen LogP contribution in [0.15, 0.2) is 24.3 Å². The standard InChI is InChI=1S/C19H20O6/c1-9-16-12(10(2)20)5-6-13(21)19(16)25-18(9)11-7-14(23-3)17(22)15(8-11)24-4/h5-9,18,21-22H,1-4H3. The van der Waals surface area contributed by atoms with Gasteiger partial charge in [-0.25, -0.2) is 0 Å². The lowest BCUT2D eigenvalue weighted by Crippen LogP contribution is -2.09. The Labute approximate surface area is 145 Å². The molecule has 6 nitrogen and oxygen atoms in total. The van der Waals surface area contributed by atoms with Gasteiger partial charge >= 0.3 is 0 Å². The largest absolute Gasteiger partial charge is 0.504 e. The molecule has 0 saturated carbocycles. The lowest BCUT2D eigenvalue weighted by molar-refractivity contribution is 0.101. The molecular formula is C19H20O6. The Hall–Kier alpha value is -2.89. The van der Waals surface area contributed by atoms with Crippen LogP contribution < -0.4 is 14.2 Å². The van der Waals surface area contributed by atoms with Crippen molar-refractivity contribution in [3.8, 4) is 28.7 Å². The van der Waals surface area contributed by atoms with Crippen LogP contribution in [0.25, 0.3) is 0 Å². The van der Waals surface area contributed by atoms with Crippen LogP contribution in [0.1, 0.15) is 47.4 Å². The summed E-state index contributed by atoms with van der Waals surface area (Å²) in [5, 5.41) is 20.2. The maximum atomic E-state index is 11.9. The van der Waals surface area contributed by atoms with E-state index in [0.29, 0.717) is 22.4 Å². The number of phenols is 2. The van der Waals surface area contributed by atoms with E-state index >= 15 is 0 Å². The van der Waals surface area contributed by atoms with Crippen LogP contribution in [0, 0.1) is 0 Å². The first-order chi connectivity index (χ1) is 11.9. The van der Waals surface area contributed by atoms with Gasteiger partial charge in [-0.2, -0.15) is 0 Å². The minimum atomic E-state index is -0.454. The number of carbonyl (C=O) groups excluding carboxylic acids is 1. The van der Waals surface area contributed by atoms with E-state index in [2.05, 4.69) is 0 Å². The Bertz CT molecular complexity index is 817. The summed E-state index contributed by atoms with van der Waals surface area (Å²) in [5.41, 5.74) is 1.92. The fourth-order valence-electron chi connectivity index (χ4n) is 3.29. The van der Waals surface area contributed by atoms with Crippen molar-refractivity contribution in [1.29, 1.82) is 0 Å². The van der Waals surface area contributed by atoms with E-state index in [1.807, 2.05) is 6.92 Å². The molecule has 0 radical (unpaired) electrons. The Morgan fingerprint density at radius 2 is 1.72 bits per heavy atom.